The molecule has 0 aromatic carbocycles. The molecule has 2 N–H and O–H groups in total. The van der Waals surface area contributed by atoms with Gasteiger partial charge in [0.1, 0.15) is 11.2 Å². The van der Waals surface area contributed by atoms with Crippen LogP contribution in [0, 0.1) is 6.92 Å². The SMILES string of the molecule is Cc1cccc(-c2nc(Nc3ccncc3C(=O)NC3CCOCC3)c3cccn3n2)n1. The maximum absolute atomic E-state index is 13.0. The third kappa shape index (κ3) is 4.15. The van der Waals surface area contributed by atoms with Crippen LogP contribution in [0.3, 0.4) is 0 Å². The molecule has 32 heavy (non-hydrogen) atoms. The molecule has 1 aliphatic heterocycles. The second kappa shape index (κ2) is 8.72. The number of aryl methyl sites for hydroxylation is 1. The van der Waals surface area contributed by atoms with Crippen molar-refractivity contribution < 1.29 is 9.53 Å². The van der Waals surface area contributed by atoms with Gasteiger partial charge in [0.2, 0.25) is 5.82 Å². The lowest BCUT2D eigenvalue weighted by Crippen LogP contribution is -2.39. The van der Waals surface area contributed by atoms with Gasteiger partial charge >= 0.3 is 0 Å². The number of nitrogens with one attached hydrogen (secondary N) is 2. The number of carbonyl (C=O) groups is 1. The van der Waals surface area contributed by atoms with Gasteiger partial charge in [-0.3, -0.25) is 9.78 Å². The Morgan fingerprint density at radius 1 is 1.12 bits per heavy atom. The molecule has 0 aliphatic carbocycles. The summed E-state index contributed by atoms with van der Waals surface area (Å²) < 4.78 is 7.13. The number of fused-ring (bicyclic) bond motifs is 1. The topological polar surface area (TPSA) is 106 Å². The minimum atomic E-state index is -0.173. The van der Waals surface area contributed by atoms with Gasteiger partial charge in [0.25, 0.3) is 5.91 Å². The molecule has 4 aromatic rings. The molecular formula is C23H23N7O2. The summed E-state index contributed by atoms with van der Waals surface area (Å²) in [6.45, 7) is 3.25. The first kappa shape index (κ1) is 20.1. The number of amides is 1. The third-order valence-corrected chi connectivity index (χ3v) is 5.38. The van der Waals surface area contributed by atoms with Crippen LogP contribution in [0.25, 0.3) is 17.0 Å². The summed E-state index contributed by atoms with van der Waals surface area (Å²) in [5.74, 6) is 0.894. The molecule has 5 rings (SSSR count). The highest BCUT2D eigenvalue weighted by Gasteiger charge is 2.20. The molecule has 0 atom stereocenters. The molecule has 0 bridgehead atoms. The molecule has 0 unspecified atom stereocenters. The van der Waals surface area contributed by atoms with Crippen LogP contribution in [0.15, 0.2) is 55.0 Å². The Kier molecular flexibility index (Phi) is 5.47. The second-order valence-electron chi connectivity index (χ2n) is 7.69. The average Bonchev–Trinajstić information content (AvgIpc) is 3.29. The number of carbonyl (C=O) groups excluding carboxylic acids is 1. The Balaban J connectivity index is 1.48. The van der Waals surface area contributed by atoms with Gasteiger partial charge < -0.3 is 15.4 Å². The molecule has 9 heteroatoms. The van der Waals surface area contributed by atoms with Crippen molar-refractivity contribution in [2.45, 2.75) is 25.8 Å². The van der Waals surface area contributed by atoms with Crippen LogP contribution in [0.5, 0.6) is 0 Å². The van der Waals surface area contributed by atoms with Crippen molar-refractivity contribution in [2.75, 3.05) is 18.5 Å². The van der Waals surface area contributed by atoms with E-state index in [0.717, 1.165) is 24.1 Å². The van der Waals surface area contributed by atoms with Crippen LogP contribution in [0.4, 0.5) is 11.5 Å². The van der Waals surface area contributed by atoms with Gasteiger partial charge in [-0.2, -0.15) is 0 Å². The number of hydrogen-bond acceptors (Lipinski definition) is 7. The van der Waals surface area contributed by atoms with E-state index in [4.69, 9.17) is 9.72 Å². The standard InChI is InChI=1S/C23H23N7O2/c1-15-4-2-5-19(25-15)21-28-22(20-6-3-11-30(20)29-21)27-18-7-10-24-14-17(18)23(31)26-16-8-12-32-13-9-16/h2-7,10-11,14,16H,8-9,12-13H2,1H3,(H,26,31)(H,24,27,28,29). The van der Waals surface area contributed by atoms with E-state index >= 15 is 0 Å². The molecule has 0 spiro atoms. The lowest BCUT2D eigenvalue weighted by atomic mass is 10.1. The van der Waals surface area contributed by atoms with E-state index in [1.807, 2.05) is 43.5 Å². The highest BCUT2D eigenvalue weighted by Crippen LogP contribution is 2.25. The van der Waals surface area contributed by atoms with E-state index in [9.17, 15) is 4.79 Å². The number of hydrogen-bond donors (Lipinski definition) is 2. The van der Waals surface area contributed by atoms with E-state index in [1.54, 1.807) is 23.0 Å². The number of anilines is 2. The summed E-state index contributed by atoms with van der Waals surface area (Å²) in [6, 6.07) is 11.4. The largest absolute Gasteiger partial charge is 0.381 e. The summed E-state index contributed by atoms with van der Waals surface area (Å²) in [6.07, 6.45) is 6.67. The normalized spacial score (nSPS) is 14.4. The maximum atomic E-state index is 13.0. The fourth-order valence-electron chi connectivity index (χ4n) is 3.72. The van der Waals surface area contributed by atoms with Crippen LogP contribution < -0.4 is 10.6 Å². The highest BCUT2D eigenvalue weighted by atomic mass is 16.5. The molecular weight excluding hydrogens is 406 g/mol. The molecule has 1 fully saturated rings. The molecule has 0 radical (unpaired) electrons. The first-order chi connectivity index (χ1) is 15.7. The van der Waals surface area contributed by atoms with E-state index < -0.39 is 0 Å². The van der Waals surface area contributed by atoms with Crippen molar-refractivity contribution in [3.8, 4) is 11.5 Å². The van der Waals surface area contributed by atoms with Gasteiger partial charge in [-0.1, -0.05) is 6.07 Å². The summed E-state index contributed by atoms with van der Waals surface area (Å²) in [5, 5.41) is 11.0. The van der Waals surface area contributed by atoms with Gasteiger partial charge in [0, 0.05) is 43.5 Å². The van der Waals surface area contributed by atoms with Crippen molar-refractivity contribution >= 4 is 22.9 Å². The number of pyridine rings is 2. The predicted octanol–water partition coefficient (Wildman–Crippen LogP) is 3.15. The first-order valence-corrected chi connectivity index (χ1v) is 10.6. The smallest absolute Gasteiger partial charge is 0.255 e. The molecule has 162 valence electrons. The quantitative estimate of drug-likeness (QED) is 0.502. The zero-order valence-electron chi connectivity index (χ0n) is 17.7. The second-order valence-corrected chi connectivity index (χ2v) is 7.69. The Morgan fingerprint density at radius 2 is 2.00 bits per heavy atom. The van der Waals surface area contributed by atoms with Crippen LogP contribution in [0.1, 0.15) is 28.9 Å². The first-order valence-electron chi connectivity index (χ1n) is 10.6. The monoisotopic (exact) mass is 429 g/mol. The van der Waals surface area contributed by atoms with Crippen molar-refractivity contribution in [2.24, 2.45) is 0 Å². The molecule has 0 saturated carbocycles. The van der Waals surface area contributed by atoms with Crippen molar-refractivity contribution in [3.63, 3.8) is 0 Å². The van der Waals surface area contributed by atoms with E-state index in [-0.39, 0.29) is 11.9 Å². The number of aromatic nitrogens is 5. The van der Waals surface area contributed by atoms with Gasteiger partial charge in [0.05, 0.1) is 11.3 Å². The van der Waals surface area contributed by atoms with Crippen LogP contribution in [-0.4, -0.2) is 49.7 Å². The highest BCUT2D eigenvalue weighted by molar-refractivity contribution is 6.00. The lowest BCUT2D eigenvalue weighted by molar-refractivity contribution is 0.0696. The minimum absolute atomic E-state index is 0.0969. The molecule has 1 aliphatic rings. The zero-order chi connectivity index (χ0) is 21.9. The van der Waals surface area contributed by atoms with E-state index in [2.05, 4.69) is 25.7 Å². The van der Waals surface area contributed by atoms with Gasteiger partial charge in [-0.25, -0.2) is 14.5 Å². The Bertz CT molecular complexity index is 1260. The number of nitrogens with zero attached hydrogens (tertiary/aromatic N) is 5. The Hall–Kier alpha value is -3.85. The molecule has 1 saturated heterocycles. The fraction of sp³-hybridized carbons (Fsp3) is 0.261. The van der Waals surface area contributed by atoms with Gasteiger partial charge in [-0.05, 0) is 50.1 Å². The summed E-state index contributed by atoms with van der Waals surface area (Å²) in [5.41, 5.74) is 3.42. The van der Waals surface area contributed by atoms with Crippen LogP contribution >= 0.6 is 0 Å². The third-order valence-electron chi connectivity index (χ3n) is 5.38. The average molecular weight is 429 g/mol. The maximum Gasteiger partial charge on any atom is 0.255 e. The van der Waals surface area contributed by atoms with Crippen molar-refractivity contribution in [3.05, 3.63) is 66.2 Å². The number of ether oxygens (including phenoxy) is 1. The Morgan fingerprint density at radius 3 is 2.84 bits per heavy atom. The summed E-state index contributed by atoms with van der Waals surface area (Å²) in [4.78, 5) is 26.4. The van der Waals surface area contributed by atoms with E-state index in [1.165, 1.54) is 0 Å². The number of rotatable bonds is 5. The fourth-order valence-corrected chi connectivity index (χ4v) is 3.72. The lowest BCUT2D eigenvalue weighted by Gasteiger charge is -2.23. The van der Waals surface area contributed by atoms with Gasteiger partial charge in [-0.15, -0.1) is 5.10 Å². The van der Waals surface area contributed by atoms with E-state index in [0.29, 0.717) is 41.8 Å². The van der Waals surface area contributed by atoms with Crippen LogP contribution in [0.2, 0.25) is 0 Å². The molecule has 1 amide bonds. The molecule has 4 aromatic heterocycles. The Labute approximate surface area is 184 Å². The predicted molar refractivity (Wildman–Crippen MR) is 120 cm³/mol. The molecule has 5 heterocycles. The summed E-state index contributed by atoms with van der Waals surface area (Å²) in [7, 11) is 0. The van der Waals surface area contributed by atoms with Crippen molar-refractivity contribution in [1.29, 1.82) is 0 Å². The summed E-state index contributed by atoms with van der Waals surface area (Å²) >= 11 is 0. The minimum Gasteiger partial charge on any atom is -0.381 e. The van der Waals surface area contributed by atoms with Crippen molar-refractivity contribution in [1.82, 2.24) is 29.9 Å². The van der Waals surface area contributed by atoms with Gasteiger partial charge in [0.15, 0.2) is 5.82 Å². The van der Waals surface area contributed by atoms with Crippen LogP contribution in [-0.2, 0) is 4.74 Å². The zero-order valence-corrected chi connectivity index (χ0v) is 17.7. The molecule has 9 nitrogen and oxygen atoms in total.